The van der Waals surface area contributed by atoms with E-state index in [2.05, 4.69) is 0 Å². The van der Waals surface area contributed by atoms with Gasteiger partial charge in [-0.2, -0.15) is 0 Å². The predicted molar refractivity (Wildman–Crippen MR) is 83.9 cm³/mol. The van der Waals surface area contributed by atoms with Crippen molar-refractivity contribution in [3.8, 4) is 5.75 Å². The zero-order valence-corrected chi connectivity index (χ0v) is 13.1. The number of rotatable bonds is 4. The van der Waals surface area contributed by atoms with Crippen LogP contribution in [0.5, 0.6) is 5.75 Å². The fourth-order valence-corrected chi connectivity index (χ4v) is 2.85. The number of methoxy groups -OCH3 is 1. The Hall–Kier alpha value is -2.30. The summed E-state index contributed by atoms with van der Waals surface area (Å²) in [5.74, 6) is -0.403. The Morgan fingerprint density at radius 2 is 1.95 bits per heavy atom. The minimum Gasteiger partial charge on any atom is -0.497 e. The molecule has 22 heavy (non-hydrogen) atoms. The molecule has 1 aromatic rings. The maximum Gasteiger partial charge on any atom is 0.326 e. The van der Waals surface area contributed by atoms with Crippen LogP contribution in [0.25, 0.3) is 6.08 Å². The Kier molecular flexibility index (Phi) is 4.85. The number of benzene rings is 1. The van der Waals surface area contributed by atoms with E-state index < -0.39 is 12.0 Å². The highest BCUT2D eigenvalue weighted by Crippen LogP contribution is 2.23. The number of hydrogen-bond acceptors (Lipinski definition) is 3. The lowest BCUT2D eigenvalue weighted by Crippen LogP contribution is -2.39. The second-order valence-electron chi connectivity index (χ2n) is 5.54. The molecule has 1 N–H and O–H groups in total. The van der Waals surface area contributed by atoms with E-state index in [1.807, 2.05) is 26.0 Å². The van der Waals surface area contributed by atoms with Crippen LogP contribution >= 0.6 is 0 Å². The van der Waals surface area contributed by atoms with Crippen LogP contribution in [-0.2, 0) is 9.59 Å². The number of carboxylic acid groups (broad SMARTS) is 1. The third-order valence-electron chi connectivity index (χ3n) is 4.02. The first-order chi connectivity index (χ1) is 10.4. The maximum atomic E-state index is 12.2. The van der Waals surface area contributed by atoms with Crippen molar-refractivity contribution in [2.45, 2.75) is 32.7 Å². The third-order valence-corrected chi connectivity index (χ3v) is 4.02. The van der Waals surface area contributed by atoms with Gasteiger partial charge >= 0.3 is 5.97 Å². The number of likely N-dealkylation sites (tertiary alicyclic amines) is 1. The van der Waals surface area contributed by atoms with Gasteiger partial charge in [-0.3, -0.25) is 4.79 Å². The van der Waals surface area contributed by atoms with Crippen molar-refractivity contribution in [3.05, 3.63) is 34.9 Å². The molecule has 118 valence electrons. The highest BCUT2D eigenvalue weighted by molar-refractivity contribution is 5.95. The van der Waals surface area contributed by atoms with Crippen LogP contribution in [0.2, 0.25) is 0 Å². The number of aliphatic carboxylic acids is 1. The van der Waals surface area contributed by atoms with Crippen molar-refractivity contribution in [3.63, 3.8) is 0 Å². The van der Waals surface area contributed by atoms with Gasteiger partial charge in [0.15, 0.2) is 0 Å². The molecule has 1 aromatic carbocycles. The minimum atomic E-state index is -0.934. The summed E-state index contributed by atoms with van der Waals surface area (Å²) in [6, 6.07) is 3.12. The molecular weight excluding hydrogens is 282 g/mol. The second kappa shape index (κ2) is 6.64. The Morgan fingerprint density at radius 3 is 2.50 bits per heavy atom. The van der Waals surface area contributed by atoms with Crippen molar-refractivity contribution < 1.29 is 19.4 Å². The molecule has 5 nitrogen and oxygen atoms in total. The summed E-state index contributed by atoms with van der Waals surface area (Å²) in [7, 11) is 1.62. The largest absolute Gasteiger partial charge is 0.497 e. The number of carboxylic acids is 1. The normalized spacial score (nSPS) is 18.0. The van der Waals surface area contributed by atoms with Crippen LogP contribution in [0.4, 0.5) is 0 Å². The molecule has 1 heterocycles. The quantitative estimate of drug-likeness (QED) is 0.867. The molecule has 5 heteroatoms. The van der Waals surface area contributed by atoms with Crippen LogP contribution in [0.3, 0.4) is 0 Å². The van der Waals surface area contributed by atoms with Gasteiger partial charge in [-0.25, -0.2) is 4.79 Å². The van der Waals surface area contributed by atoms with Crippen molar-refractivity contribution in [2.24, 2.45) is 0 Å². The maximum absolute atomic E-state index is 12.2. The zero-order valence-electron chi connectivity index (χ0n) is 13.1. The van der Waals surface area contributed by atoms with Crippen molar-refractivity contribution in [1.29, 1.82) is 0 Å². The number of hydrogen-bond donors (Lipinski definition) is 1. The van der Waals surface area contributed by atoms with E-state index >= 15 is 0 Å². The monoisotopic (exact) mass is 303 g/mol. The molecule has 0 aliphatic carbocycles. The van der Waals surface area contributed by atoms with E-state index in [1.54, 1.807) is 13.2 Å². The Labute approximate surface area is 130 Å². The molecule has 1 fully saturated rings. The zero-order chi connectivity index (χ0) is 16.3. The Bertz CT molecular complexity index is 598. The lowest BCUT2D eigenvalue weighted by molar-refractivity contribution is -0.146. The Balaban J connectivity index is 2.18. The van der Waals surface area contributed by atoms with E-state index in [-0.39, 0.29) is 5.91 Å². The van der Waals surface area contributed by atoms with Crippen molar-refractivity contribution >= 4 is 18.0 Å². The molecule has 2 rings (SSSR count). The first-order valence-corrected chi connectivity index (χ1v) is 7.30. The smallest absolute Gasteiger partial charge is 0.326 e. The predicted octanol–water partition coefficient (Wildman–Crippen LogP) is 2.40. The van der Waals surface area contributed by atoms with Gasteiger partial charge in [-0.05, 0) is 61.6 Å². The molecule has 1 amide bonds. The summed E-state index contributed by atoms with van der Waals surface area (Å²) in [4.78, 5) is 24.8. The van der Waals surface area contributed by atoms with E-state index in [4.69, 9.17) is 9.84 Å². The van der Waals surface area contributed by atoms with Gasteiger partial charge in [0.05, 0.1) is 7.11 Å². The fraction of sp³-hybridized carbons (Fsp3) is 0.412. The van der Waals surface area contributed by atoms with Crippen LogP contribution < -0.4 is 4.74 Å². The molecule has 0 aromatic heterocycles. The number of aryl methyl sites for hydroxylation is 2. The summed E-state index contributed by atoms with van der Waals surface area (Å²) >= 11 is 0. The summed E-state index contributed by atoms with van der Waals surface area (Å²) in [5, 5.41) is 9.13. The molecule has 0 saturated carbocycles. The number of amides is 1. The third kappa shape index (κ3) is 3.30. The average molecular weight is 303 g/mol. The van der Waals surface area contributed by atoms with Gasteiger partial charge < -0.3 is 14.7 Å². The summed E-state index contributed by atoms with van der Waals surface area (Å²) in [5.41, 5.74) is 2.98. The molecule has 1 unspecified atom stereocenters. The van der Waals surface area contributed by atoms with Gasteiger partial charge in [0, 0.05) is 12.6 Å². The van der Waals surface area contributed by atoms with E-state index in [0.29, 0.717) is 13.0 Å². The molecular formula is C17H21NO4. The van der Waals surface area contributed by atoms with E-state index in [0.717, 1.165) is 28.9 Å². The van der Waals surface area contributed by atoms with Crippen LogP contribution in [0, 0.1) is 13.8 Å². The molecule has 1 saturated heterocycles. The van der Waals surface area contributed by atoms with Crippen LogP contribution in [0.1, 0.15) is 29.5 Å². The fourth-order valence-electron chi connectivity index (χ4n) is 2.85. The van der Waals surface area contributed by atoms with Crippen LogP contribution in [-0.4, -0.2) is 41.6 Å². The van der Waals surface area contributed by atoms with E-state index in [9.17, 15) is 9.59 Å². The molecule has 1 aliphatic heterocycles. The highest BCUT2D eigenvalue weighted by atomic mass is 16.5. The number of carbonyl (C=O) groups is 2. The lowest BCUT2D eigenvalue weighted by Gasteiger charge is -2.19. The van der Waals surface area contributed by atoms with Gasteiger partial charge in [0.2, 0.25) is 5.91 Å². The second-order valence-corrected chi connectivity index (χ2v) is 5.54. The standard InChI is InChI=1S/C17H21NO4/c1-11-9-13(22-3)10-12(2)14(11)6-7-16(19)18-8-4-5-15(18)17(20)21/h6-7,9-10,15H,4-5,8H2,1-3H3,(H,20,21)/b7-6+. The molecule has 1 atom stereocenters. The lowest BCUT2D eigenvalue weighted by atomic mass is 10.0. The van der Waals surface area contributed by atoms with Crippen molar-refractivity contribution in [1.82, 2.24) is 4.90 Å². The highest BCUT2D eigenvalue weighted by Gasteiger charge is 2.32. The van der Waals surface area contributed by atoms with Crippen molar-refractivity contribution in [2.75, 3.05) is 13.7 Å². The first-order valence-electron chi connectivity index (χ1n) is 7.30. The average Bonchev–Trinajstić information content (AvgIpc) is 2.95. The first kappa shape index (κ1) is 16.1. The Morgan fingerprint density at radius 1 is 1.32 bits per heavy atom. The summed E-state index contributed by atoms with van der Waals surface area (Å²) < 4.78 is 5.21. The van der Waals surface area contributed by atoms with Gasteiger partial charge in [0.1, 0.15) is 11.8 Å². The molecule has 0 spiro atoms. The summed E-state index contributed by atoms with van der Waals surface area (Å²) in [6.07, 6.45) is 4.47. The van der Waals surface area contributed by atoms with Gasteiger partial charge in [-0.1, -0.05) is 0 Å². The number of ether oxygens (including phenoxy) is 1. The molecule has 1 aliphatic rings. The topological polar surface area (TPSA) is 66.8 Å². The molecule has 0 radical (unpaired) electrons. The van der Waals surface area contributed by atoms with E-state index in [1.165, 1.54) is 11.0 Å². The van der Waals surface area contributed by atoms with Gasteiger partial charge in [-0.15, -0.1) is 0 Å². The SMILES string of the molecule is COc1cc(C)c(/C=C/C(=O)N2CCCC2C(=O)O)c(C)c1. The molecule has 0 bridgehead atoms. The number of nitrogens with zero attached hydrogens (tertiary/aromatic N) is 1. The van der Waals surface area contributed by atoms with Gasteiger partial charge in [0.25, 0.3) is 0 Å². The summed E-state index contributed by atoms with van der Waals surface area (Å²) in [6.45, 7) is 4.41. The van der Waals surface area contributed by atoms with Crippen LogP contribution in [0.15, 0.2) is 18.2 Å². The number of carbonyl (C=O) groups excluding carboxylic acids is 1. The minimum absolute atomic E-state index is 0.250.